The van der Waals surface area contributed by atoms with Crippen molar-refractivity contribution in [1.82, 2.24) is 5.32 Å². The molecule has 1 aromatic rings. The zero-order chi connectivity index (χ0) is 14.0. The molecule has 0 bridgehead atoms. The third-order valence-corrected chi connectivity index (χ3v) is 2.78. The van der Waals surface area contributed by atoms with Crippen molar-refractivity contribution < 1.29 is 22.8 Å². The molecule has 1 aliphatic heterocycles. The second kappa shape index (κ2) is 5.14. The minimum atomic E-state index is -4.62. The van der Waals surface area contributed by atoms with Crippen LogP contribution in [0.5, 0.6) is 0 Å². The maximum atomic E-state index is 12.7. The van der Waals surface area contributed by atoms with Crippen molar-refractivity contribution in [3.05, 3.63) is 39.4 Å². The molecule has 0 spiro atoms. The summed E-state index contributed by atoms with van der Waals surface area (Å²) in [5, 5.41) is 13.7. The van der Waals surface area contributed by atoms with E-state index >= 15 is 0 Å². The van der Waals surface area contributed by atoms with Crippen molar-refractivity contribution in [3.63, 3.8) is 0 Å². The van der Waals surface area contributed by atoms with Gasteiger partial charge < -0.3 is 10.1 Å². The molecule has 1 heterocycles. The minimum absolute atomic E-state index is 0.161. The molecule has 5 nitrogen and oxygen atoms in total. The third kappa shape index (κ3) is 3.21. The molecule has 2 rings (SSSR count). The standard InChI is InChI=1S/C11H11F3N2O3/c12-11(13,14)8-3-7(4-9(5-8)16(17)18)10-6-15-1-2-19-10/h3-5,10,15H,1-2,6H2. The number of ether oxygens (including phenoxy) is 1. The fraction of sp³-hybridized carbons (Fsp3) is 0.455. The van der Waals surface area contributed by atoms with Crippen molar-refractivity contribution in [2.45, 2.75) is 12.3 Å². The Balaban J connectivity index is 2.41. The predicted octanol–water partition coefficient (Wildman–Crippen LogP) is 2.27. The van der Waals surface area contributed by atoms with Crippen LogP contribution in [-0.2, 0) is 10.9 Å². The first-order valence-corrected chi connectivity index (χ1v) is 5.57. The van der Waals surface area contributed by atoms with Crippen molar-refractivity contribution in [2.24, 2.45) is 0 Å². The minimum Gasteiger partial charge on any atom is -0.371 e. The number of morpholine rings is 1. The number of alkyl halides is 3. The highest BCUT2D eigenvalue weighted by Crippen LogP contribution is 2.34. The average Bonchev–Trinajstić information content (AvgIpc) is 2.38. The van der Waals surface area contributed by atoms with Crippen LogP contribution < -0.4 is 5.32 Å². The summed E-state index contributed by atoms with van der Waals surface area (Å²) in [7, 11) is 0. The van der Waals surface area contributed by atoms with Crippen LogP contribution >= 0.6 is 0 Å². The Kier molecular flexibility index (Phi) is 3.72. The Morgan fingerprint density at radius 1 is 1.37 bits per heavy atom. The van der Waals surface area contributed by atoms with Crippen LogP contribution in [0.3, 0.4) is 0 Å². The molecule has 8 heteroatoms. The van der Waals surface area contributed by atoms with E-state index in [0.29, 0.717) is 25.8 Å². The number of nitro groups is 1. The summed E-state index contributed by atoms with van der Waals surface area (Å²) in [5.41, 5.74) is -1.46. The topological polar surface area (TPSA) is 64.4 Å². The van der Waals surface area contributed by atoms with Gasteiger partial charge in [0.15, 0.2) is 0 Å². The smallest absolute Gasteiger partial charge is 0.371 e. The van der Waals surface area contributed by atoms with E-state index in [9.17, 15) is 23.3 Å². The Morgan fingerprint density at radius 3 is 2.63 bits per heavy atom. The molecule has 0 amide bonds. The van der Waals surface area contributed by atoms with Crippen LogP contribution in [-0.4, -0.2) is 24.6 Å². The van der Waals surface area contributed by atoms with Gasteiger partial charge in [0.05, 0.1) is 23.2 Å². The molecule has 19 heavy (non-hydrogen) atoms. The van der Waals surface area contributed by atoms with Crippen molar-refractivity contribution in [2.75, 3.05) is 19.7 Å². The number of rotatable bonds is 2. The summed E-state index contributed by atoms with van der Waals surface area (Å²) < 4.78 is 43.4. The van der Waals surface area contributed by atoms with E-state index in [1.807, 2.05) is 0 Å². The molecule has 0 aromatic heterocycles. The molecule has 1 aliphatic rings. The maximum Gasteiger partial charge on any atom is 0.416 e. The van der Waals surface area contributed by atoms with Gasteiger partial charge in [-0.1, -0.05) is 0 Å². The lowest BCUT2D eigenvalue weighted by atomic mass is 10.0. The summed E-state index contributed by atoms with van der Waals surface area (Å²) in [6, 6.07) is 2.54. The fourth-order valence-corrected chi connectivity index (χ4v) is 1.87. The van der Waals surface area contributed by atoms with E-state index in [1.54, 1.807) is 0 Å². The molecule has 0 saturated carbocycles. The van der Waals surface area contributed by atoms with E-state index < -0.39 is 28.5 Å². The Hall–Kier alpha value is -1.67. The average molecular weight is 276 g/mol. The van der Waals surface area contributed by atoms with Crippen LogP contribution in [0.4, 0.5) is 18.9 Å². The van der Waals surface area contributed by atoms with Crippen molar-refractivity contribution in [1.29, 1.82) is 0 Å². The number of benzene rings is 1. The number of nitrogens with zero attached hydrogens (tertiary/aromatic N) is 1. The van der Waals surface area contributed by atoms with Gasteiger partial charge in [-0.3, -0.25) is 10.1 Å². The highest BCUT2D eigenvalue weighted by molar-refractivity contribution is 5.41. The van der Waals surface area contributed by atoms with E-state index in [-0.39, 0.29) is 5.56 Å². The molecular weight excluding hydrogens is 265 g/mol. The van der Waals surface area contributed by atoms with E-state index in [1.165, 1.54) is 0 Å². The molecular formula is C11H11F3N2O3. The molecule has 1 N–H and O–H groups in total. The number of nitrogens with one attached hydrogen (secondary N) is 1. The molecule has 0 radical (unpaired) electrons. The SMILES string of the molecule is O=[N+]([O-])c1cc(C2CNCCO2)cc(C(F)(F)F)c1. The van der Waals surface area contributed by atoms with Crippen molar-refractivity contribution in [3.8, 4) is 0 Å². The molecule has 104 valence electrons. The number of hydrogen-bond acceptors (Lipinski definition) is 4. The zero-order valence-corrected chi connectivity index (χ0v) is 9.74. The van der Waals surface area contributed by atoms with E-state index in [0.717, 1.165) is 12.1 Å². The van der Waals surface area contributed by atoms with Gasteiger partial charge in [0, 0.05) is 25.2 Å². The second-order valence-corrected chi connectivity index (χ2v) is 4.13. The zero-order valence-electron chi connectivity index (χ0n) is 9.74. The van der Waals surface area contributed by atoms with Crippen molar-refractivity contribution >= 4 is 5.69 Å². The Morgan fingerprint density at radius 2 is 2.11 bits per heavy atom. The van der Waals surface area contributed by atoms with Gasteiger partial charge in [0.2, 0.25) is 0 Å². The normalized spacial score (nSPS) is 20.3. The summed E-state index contributed by atoms with van der Waals surface area (Å²) >= 11 is 0. The summed E-state index contributed by atoms with van der Waals surface area (Å²) in [4.78, 5) is 9.86. The van der Waals surface area contributed by atoms with Crippen LogP contribution in [0.1, 0.15) is 17.2 Å². The van der Waals surface area contributed by atoms with Gasteiger partial charge in [0.25, 0.3) is 5.69 Å². The lowest BCUT2D eigenvalue weighted by Crippen LogP contribution is -2.33. The Bertz CT molecular complexity index is 485. The summed E-state index contributed by atoms with van der Waals surface area (Å²) in [5.74, 6) is 0. The molecule has 1 saturated heterocycles. The van der Waals surface area contributed by atoms with Gasteiger partial charge in [0.1, 0.15) is 0 Å². The fourth-order valence-electron chi connectivity index (χ4n) is 1.87. The molecule has 1 fully saturated rings. The second-order valence-electron chi connectivity index (χ2n) is 4.13. The largest absolute Gasteiger partial charge is 0.416 e. The van der Waals surface area contributed by atoms with Gasteiger partial charge in [-0.25, -0.2) is 0 Å². The first kappa shape index (κ1) is 13.8. The number of nitro benzene ring substituents is 1. The Labute approximate surface area is 106 Å². The monoisotopic (exact) mass is 276 g/mol. The summed E-state index contributed by atoms with van der Waals surface area (Å²) in [6.07, 6.45) is -5.22. The predicted molar refractivity (Wildman–Crippen MR) is 59.7 cm³/mol. The lowest BCUT2D eigenvalue weighted by Gasteiger charge is -2.24. The van der Waals surface area contributed by atoms with Gasteiger partial charge in [-0.05, 0) is 11.6 Å². The van der Waals surface area contributed by atoms with Crippen LogP contribution in [0.2, 0.25) is 0 Å². The van der Waals surface area contributed by atoms with Crippen LogP contribution in [0, 0.1) is 10.1 Å². The molecule has 1 unspecified atom stereocenters. The van der Waals surface area contributed by atoms with E-state index in [2.05, 4.69) is 5.32 Å². The summed E-state index contributed by atoms with van der Waals surface area (Å²) in [6.45, 7) is 1.30. The van der Waals surface area contributed by atoms with Crippen LogP contribution in [0.25, 0.3) is 0 Å². The maximum absolute atomic E-state index is 12.7. The van der Waals surface area contributed by atoms with Gasteiger partial charge in [-0.2, -0.15) is 13.2 Å². The first-order valence-electron chi connectivity index (χ1n) is 5.57. The van der Waals surface area contributed by atoms with Gasteiger partial charge >= 0.3 is 6.18 Å². The van der Waals surface area contributed by atoms with Crippen LogP contribution in [0.15, 0.2) is 18.2 Å². The number of halogens is 3. The third-order valence-electron chi connectivity index (χ3n) is 2.78. The quantitative estimate of drug-likeness (QED) is 0.664. The first-order chi connectivity index (χ1) is 8.88. The van der Waals surface area contributed by atoms with E-state index in [4.69, 9.17) is 4.74 Å². The molecule has 0 aliphatic carbocycles. The highest BCUT2D eigenvalue weighted by Gasteiger charge is 2.33. The molecule has 1 atom stereocenters. The lowest BCUT2D eigenvalue weighted by molar-refractivity contribution is -0.385. The van der Waals surface area contributed by atoms with Gasteiger partial charge in [-0.15, -0.1) is 0 Å². The number of non-ortho nitro benzene ring substituents is 1. The number of hydrogen-bond donors (Lipinski definition) is 1. The molecule has 1 aromatic carbocycles. The highest BCUT2D eigenvalue weighted by atomic mass is 19.4.